The maximum Gasteiger partial charge on any atom is 0.339 e. The van der Waals surface area contributed by atoms with Crippen LogP contribution in [0.4, 0.5) is 0 Å². The Labute approximate surface area is 129 Å². The van der Waals surface area contributed by atoms with Crippen molar-refractivity contribution < 1.29 is 17.9 Å². The molecule has 1 heterocycles. The van der Waals surface area contributed by atoms with E-state index in [9.17, 15) is 13.2 Å². The van der Waals surface area contributed by atoms with Gasteiger partial charge in [0.25, 0.3) is 0 Å². The maximum absolute atomic E-state index is 12.8. The zero-order valence-corrected chi connectivity index (χ0v) is 13.7. The van der Waals surface area contributed by atoms with Gasteiger partial charge >= 0.3 is 5.97 Å². The molecule has 0 radical (unpaired) electrons. The monoisotopic (exact) mass is 329 g/mol. The summed E-state index contributed by atoms with van der Waals surface area (Å²) in [5.74, 6) is 0.144. The predicted molar refractivity (Wildman–Crippen MR) is 83.1 cm³/mol. The number of rotatable bonds is 4. The van der Waals surface area contributed by atoms with Gasteiger partial charge in [-0.3, -0.25) is 0 Å². The second-order valence-electron chi connectivity index (χ2n) is 4.75. The van der Waals surface area contributed by atoms with Crippen LogP contribution in [0.3, 0.4) is 0 Å². The Balaban J connectivity index is 2.38. The molecular formula is C14H19NO4S2. The third-order valence-electron chi connectivity index (χ3n) is 3.47. The van der Waals surface area contributed by atoms with Crippen LogP contribution in [0.1, 0.15) is 23.7 Å². The van der Waals surface area contributed by atoms with Gasteiger partial charge in [0.2, 0.25) is 10.0 Å². The Morgan fingerprint density at radius 3 is 2.81 bits per heavy atom. The maximum atomic E-state index is 12.8. The smallest absolute Gasteiger partial charge is 0.339 e. The van der Waals surface area contributed by atoms with Gasteiger partial charge in [0.15, 0.2) is 0 Å². The molecule has 21 heavy (non-hydrogen) atoms. The fraction of sp³-hybridized carbons (Fsp3) is 0.500. The number of sulfonamides is 1. The van der Waals surface area contributed by atoms with E-state index >= 15 is 0 Å². The summed E-state index contributed by atoms with van der Waals surface area (Å²) in [4.78, 5) is 11.8. The molecule has 1 saturated heterocycles. The van der Waals surface area contributed by atoms with E-state index in [4.69, 9.17) is 0 Å². The molecule has 1 aliphatic heterocycles. The topological polar surface area (TPSA) is 63.7 Å². The molecule has 0 spiro atoms. The second-order valence-corrected chi connectivity index (χ2v) is 8.07. The number of carbonyl (C=O) groups is 1. The zero-order chi connectivity index (χ0) is 15.5. The fourth-order valence-corrected chi connectivity index (χ4v) is 5.32. The summed E-state index contributed by atoms with van der Waals surface area (Å²) in [5.41, 5.74) is 0.0891. The molecule has 0 aromatic heterocycles. The number of benzene rings is 1. The van der Waals surface area contributed by atoms with Crippen LogP contribution in [0.2, 0.25) is 0 Å². The van der Waals surface area contributed by atoms with Gasteiger partial charge in [-0.05, 0) is 18.6 Å². The molecule has 0 N–H and O–H groups in total. The van der Waals surface area contributed by atoms with Crippen LogP contribution >= 0.6 is 11.8 Å². The Hall–Kier alpha value is -1.05. The minimum Gasteiger partial charge on any atom is -0.465 e. The van der Waals surface area contributed by atoms with Crippen molar-refractivity contribution >= 4 is 27.8 Å². The van der Waals surface area contributed by atoms with Crippen LogP contribution < -0.4 is 0 Å². The first-order valence-corrected chi connectivity index (χ1v) is 9.28. The summed E-state index contributed by atoms with van der Waals surface area (Å²) in [5, 5.41) is 0.304. The molecule has 1 aromatic rings. The Morgan fingerprint density at radius 1 is 1.43 bits per heavy atom. The lowest BCUT2D eigenvalue weighted by Gasteiger charge is -2.31. The molecule has 0 amide bonds. The Morgan fingerprint density at radius 2 is 2.14 bits per heavy atom. The Bertz CT molecular complexity index is 615. The number of ether oxygens (including phenoxy) is 1. The van der Waals surface area contributed by atoms with E-state index < -0.39 is 16.0 Å². The highest BCUT2D eigenvalue weighted by atomic mass is 32.2. The van der Waals surface area contributed by atoms with Gasteiger partial charge in [-0.1, -0.05) is 19.1 Å². The molecule has 2 rings (SSSR count). The van der Waals surface area contributed by atoms with Crippen LogP contribution in [0.15, 0.2) is 29.2 Å². The predicted octanol–water partition coefficient (Wildman–Crippen LogP) is 1.99. The molecule has 0 aliphatic carbocycles. The number of esters is 1. The highest BCUT2D eigenvalue weighted by Gasteiger charge is 2.32. The average Bonchev–Trinajstić information content (AvgIpc) is 2.54. The summed E-state index contributed by atoms with van der Waals surface area (Å²) in [6, 6.07) is 6.19. The zero-order valence-electron chi connectivity index (χ0n) is 12.1. The summed E-state index contributed by atoms with van der Waals surface area (Å²) in [7, 11) is -2.43. The van der Waals surface area contributed by atoms with Crippen molar-refractivity contribution in [3.8, 4) is 0 Å². The minimum atomic E-state index is -3.67. The quantitative estimate of drug-likeness (QED) is 0.791. The lowest BCUT2D eigenvalue weighted by molar-refractivity contribution is 0.0596. The number of carbonyl (C=O) groups excluding carboxylic acids is 1. The molecule has 1 aliphatic rings. The highest BCUT2D eigenvalue weighted by molar-refractivity contribution is 8.00. The van der Waals surface area contributed by atoms with E-state index in [-0.39, 0.29) is 10.5 Å². The third kappa shape index (κ3) is 3.41. The van der Waals surface area contributed by atoms with Crippen molar-refractivity contribution in [2.24, 2.45) is 0 Å². The average molecular weight is 329 g/mol. The number of hydrogen-bond donors (Lipinski definition) is 0. The lowest BCUT2D eigenvalue weighted by Crippen LogP contribution is -2.42. The van der Waals surface area contributed by atoms with E-state index in [0.29, 0.717) is 18.3 Å². The summed E-state index contributed by atoms with van der Waals surface area (Å²) < 4.78 is 31.7. The van der Waals surface area contributed by atoms with E-state index in [2.05, 4.69) is 11.7 Å². The lowest BCUT2D eigenvalue weighted by atomic mass is 10.2. The fourth-order valence-electron chi connectivity index (χ4n) is 2.27. The van der Waals surface area contributed by atoms with Crippen molar-refractivity contribution in [1.82, 2.24) is 4.31 Å². The molecule has 116 valence electrons. The van der Waals surface area contributed by atoms with Gasteiger partial charge in [0, 0.05) is 24.1 Å². The van der Waals surface area contributed by atoms with Crippen molar-refractivity contribution in [3.63, 3.8) is 0 Å². The molecule has 5 nitrogen and oxygen atoms in total. The van der Waals surface area contributed by atoms with E-state index in [1.54, 1.807) is 23.9 Å². The number of nitrogens with zero attached hydrogens (tertiary/aromatic N) is 1. The first-order chi connectivity index (χ1) is 10.0. The number of hydrogen-bond acceptors (Lipinski definition) is 5. The molecule has 1 atom stereocenters. The van der Waals surface area contributed by atoms with Crippen molar-refractivity contribution in [2.75, 3.05) is 26.0 Å². The van der Waals surface area contributed by atoms with Gasteiger partial charge in [0.05, 0.1) is 17.6 Å². The van der Waals surface area contributed by atoms with Crippen LogP contribution in [0, 0.1) is 0 Å². The van der Waals surface area contributed by atoms with E-state index in [0.717, 1.165) is 12.2 Å². The van der Waals surface area contributed by atoms with Crippen LogP contribution in [-0.4, -0.2) is 49.9 Å². The van der Waals surface area contributed by atoms with Crippen molar-refractivity contribution in [3.05, 3.63) is 29.8 Å². The molecule has 0 saturated carbocycles. The SMILES string of the molecule is CCC1CN(S(=O)(=O)c2ccccc2C(=O)OC)CCS1. The largest absolute Gasteiger partial charge is 0.465 e. The molecule has 1 aromatic carbocycles. The van der Waals surface area contributed by atoms with Gasteiger partial charge in [-0.15, -0.1) is 0 Å². The normalized spacial score (nSPS) is 20.2. The molecule has 0 bridgehead atoms. The molecule has 1 fully saturated rings. The summed E-state index contributed by atoms with van der Waals surface area (Å²) in [6.07, 6.45) is 0.926. The van der Waals surface area contributed by atoms with Crippen molar-refractivity contribution in [2.45, 2.75) is 23.5 Å². The first-order valence-electron chi connectivity index (χ1n) is 6.79. The Kier molecular flexibility index (Phi) is 5.29. The third-order valence-corrected chi connectivity index (χ3v) is 6.76. The highest BCUT2D eigenvalue weighted by Crippen LogP contribution is 2.27. The number of thioether (sulfide) groups is 1. The molecule has 7 heteroatoms. The number of methoxy groups -OCH3 is 1. The summed E-state index contributed by atoms with van der Waals surface area (Å²) >= 11 is 1.80. The van der Waals surface area contributed by atoms with E-state index in [1.807, 2.05) is 0 Å². The van der Waals surface area contributed by atoms with Gasteiger partial charge in [0.1, 0.15) is 0 Å². The van der Waals surface area contributed by atoms with E-state index in [1.165, 1.54) is 23.5 Å². The van der Waals surface area contributed by atoms with Crippen LogP contribution in [0.25, 0.3) is 0 Å². The van der Waals surface area contributed by atoms with Gasteiger partial charge < -0.3 is 4.74 Å². The molecular weight excluding hydrogens is 310 g/mol. The van der Waals surface area contributed by atoms with Crippen LogP contribution in [-0.2, 0) is 14.8 Å². The molecule has 1 unspecified atom stereocenters. The van der Waals surface area contributed by atoms with Gasteiger partial charge in [-0.2, -0.15) is 16.1 Å². The first kappa shape index (κ1) is 16.3. The van der Waals surface area contributed by atoms with Crippen molar-refractivity contribution in [1.29, 1.82) is 0 Å². The summed E-state index contributed by atoms with van der Waals surface area (Å²) in [6.45, 7) is 3.01. The minimum absolute atomic E-state index is 0.0265. The standard InChI is InChI=1S/C14H19NO4S2/c1-3-11-10-15(8-9-20-11)21(17,18)13-7-5-4-6-12(13)14(16)19-2/h4-7,11H,3,8-10H2,1-2H3. The van der Waals surface area contributed by atoms with Gasteiger partial charge in [-0.25, -0.2) is 13.2 Å². The second kappa shape index (κ2) is 6.81. The van der Waals surface area contributed by atoms with Crippen LogP contribution in [0.5, 0.6) is 0 Å².